The number of benzene rings is 1. The molecule has 29 heavy (non-hydrogen) atoms. The molecule has 1 unspecified atom stereocenters. The quantitative estimate of drug-likeness (QED) is 0.606. The Balaban J connectivity index is 1.55. The van der Waals surface area contributed by atoms with E-state index in [2.05, 4.69) is 15.6 Å². The van der Waals surface area contributed by atoms with Gasteiger partial charge >= 0.3 is 12.0 Å². The molecule has 1 saturated carbocycles. The zero-order chi connectivity index (χ0) is 20.6. The summed E-state index contributed by atoms with van der Waals surface area (Å²) in [5.41, 5.74) is 1.94. The van der Waals surface area contributed by atoms with Gasteiger partial charge in [0, 0.05) is 30.4 Å². The molecule has 1 heterocycles. The largest absolute Gasteiger partial charge is 0.480 e. The lowest BCUT2D eigenvalue weighted by molar-refractivity contribution is -0.139. The summed E-state index contributed by atoms with van der Waals surface area (Å²) < 4.78 is 0. The highest BCUT2D eigenvalue weighted by Crippen LogP contribution is 2.26. The molecule has 1 atom stereocenters. The predicted octanol–water partition coefficient (Wildman–Crippen LogP) is 2.60. The van der Waals surface area contributed by atoms with Crippen molar-refractivity contribution < 1.29 is 14.7 Å². The summed E-state index contributed by atoms with van der Waals surface area (Å²) in [6, 6.07) is 15.5. The van der Waals surface area contributed by atoms with Crippen molar-refractivity contribution in [1.82, 2.24) is 20.5 Å². The highest BCUT2D eigenvalue weighted by molar-refractivity contribution is 5.75. The molecule has 0 bridgehead atoms. The number of carbonyl (C=O) groups is 2. The molecule has 1 aliphatic carbocycles. The first kappa shape index (κ1) is 20.8. The molecule has 7 nitrogen and oxygen atoms in total. The molecule has 3 rings (SSSR count). The number of nitrogens with one attached hydrogen (secondary N) is 2. The van der Waals surface area contributed by atoms with Crippen LogP contribution in [0.15, 0.2) is 54.7 Å². The molecule has 0 radical (unpaired) electrons. The SMILES string of the molecule is CCN(CC(=O)O)C1CC(NC(=O)NC(Cc2ccccn2)c2ccccc2)C1. The molecule has 0 saturated heterocycles. The number of carboxylic acids is 1. The van der Waals surface area contributed by atoms with E-state index < -0.39 is 5.97 Å². The summed E-state index contributed by atoms with van der Waals surface area (Å²) in [5, 5.41) is 15.1. The zero-order valence-corrected chi connectivity index (χ0v) is 16.6. The maximum absolute atomic E-state index is 12.6. The van der Waals surface area contributed by atoms with Crippen molar-refractivity contribution in [2.24, 2.45) is 0 Å². The Morgan fingerprint density at radius 3 is 2.52 bits per heavy atom. The summed E-state index contributed by atoms with van der Waals surface area (Å²) in [7, 11) is 0. The maximum atomic E-state index is 12.6. The van der Waals surface area contributed by atoms with Crippen molar-refractivity contribution in [3.05, 3.63) is 66.0 Å². The third-order valence-corrected chi connectivity index (χ3v) is 5.36. The number of pyridine rings is 1. The number of amides is 2. The molecule has 1 fully saturated rings. The smallest absolute Gasteiger partial charge is 0.317 e. The fourth-order valence-corrected chi connectivity index (χ4v) is 3.73. The van der Waals surface area contributed by atoms with Crippen molar-refractivity contribution in [1.29, 1.82) is 0 Å². The Bertz CT molecular complexity index is 794. The van der Waals surface area contributed by atoms with Gasteiger partial charge in [-0.25, -0.2) is 4.79 Å². The van der Waals surface area contributed by atoms with E-state index in [0.717, 1.165) is 24.1 Å². The second kappa shape index (κ2) is 10.0. The van der Waals surface area contributed by atoms with Gasteiger partial charge in [0.1, 0.15) is 0 Å². The minimum absolute atomic E-state index is 0.0419. The monoisotopic (exact) mass is 396 g/mol. The van der Waals surface area contributed by atoms with Crippen LogP contribution in [0.25, 0.3) is 0 Å². The second-order valence-electron chi connectivity index (χ2n) is 7.39. The first-order chi connectivity index (χ1) is 14.0. The number of hydrogen-bond donors (Lipinski definition) is 3. The van der Waals surface area contributed by atoms with Gasteiger partial charge in [0.05, 0.1) is 12.6 Å². The van der Waals surface area contributed by atoms with Crippen molar-refractivity contribution in [3.8, 4) is 0 Å². The number of aliphatic carboxylic acids is 1. The first-order valence-electron chi connectivity index (χ1n) is 10.0. The van der Waals surface area contributed by atoms with Crippen LogP contribution < -0.4 is 10.6 Å². The number of aromatic nitrogens is 1. The molecule has 154 valence electrons. The normalized spacial score (nSPS) is 19.2. The lowest BCUT2D eigenvalue weighted by Gasteiger charge is -2.42. The number of nitrogens with zero attached hydrogens (tertiary/aromatic N) is 2. The van der Waals surface area contributed by atoms with E-state index in [1.54, 1.807) is 6.20 Å². The van der Waals surface area contributed by atoms with Gasteiger partial charge in [-0.2, -0.15) is 0 Å². The second-order valence-corrected chi connectivity index (χ2v) is 7.39. The molecular formula is C22H28N4O3. The Morgan fingerprint density at radius 1 is 1.17 bits per heavy atom. The molecule has 7 heteroatoms. The predicted molar refractivity (Wildman–Crippen MR) is 110 cm³/mol. The van der Waals surface area contributed by atoms with Gasteiger partial charge in [-0.1, -0.05) is 43.3 Å². The Labute approximate surface area is 171 Å². The van der Waals surface area contributed by atoms with Gasteiger partial charge in [0.25, 0.3) is 0 Å². The number of hydrogen-bond acceptors (Lipinski definition) is 4. The van der Waals surface area contributed by atoms with E-state index in [9.17, 15) is 9.59 Å². The van der Waals surface area contributed by atoms with Crippen molar-refractivity contribution in [3.63, 3.8) is 0 Å². The van der Waals surface area contributed by atoms with Crippen LogP contribution in [0.4, 0.5) is 4.79 Å². The van der Waals surface area contributed by atoms with E-state index in [1.165, 1.54) is 0 Å². The molecular weight excluding hydrogens is 368 g/mol. The van der Waals surface area contributed by atoms with Crippen LogP contribution in [-0.4, -0.2) is 52.2 Å². The molecule has 1 aliphatic rings. The fraction of sp³-hybridized carbons (Fsp3) is 0.409. The molecule has 3 N–H and O–H groups in total. The number of urea groups is 1. The molecule has 2 aromatic rings. The Morgan fingerprint density at radius 2 is 1.90 bits per heavy atom. The summed E-state index contributed by atoms with van der Waals surface area (Å²) in [6.07, 6.45) is 3.89. The maximum Gasteiger partial charge on any atom is 0.317 e. The van der Waals surface area contributed by atoms with Crippen LogP contribution in [0.5, 0.6) is 0 Å². The zero-order valence-electron chi connectivity index (χ0n) is 16.6. The number of likely N-dealkylation sites (N-methyl/N-ethyl adjacent to an activating group) is 1. The molecule has 1 aromatic carbocycles. The van der Waals surface area contributed by atoms with Gasteiger partial charge < -0.3 is 15.7 Å². The van der Waals surface area contributed by atoms with E-state index >= 15 is 0 Å². The van der Waals surface area contributed by atoms with Crippen LogP contribution in [0.2, 0.25) is 0 Å². The Hall–Kier alpha value is -2.93. The third-order valence-electron chi connectivity index (χ3n) is 5.36. The van der Waals surface area contributed by atoms with E-state index in [0.29, 0.717) is 13.0 Å². The van der Waals surface area contributed by atoms with E-state index in [-0.39, 0.29) is 30.7 Å². The Kier molecular flexibility index (Phi) is 7.19. The van der Waals surface area contributed by atoms with Gasteiger partial charge in [-0.15, -0.1) is 0 Å². The average molecular weight is 396 g/mol. The van der Waals surface area contributed by atoms with Gasteiger partial charge in [-0.3, -0.25) is 14.7 Å². The number of carboxylic acid groups (broad SMARTS) is 1. The minimum Gasteiger partial charge on any atom is -0.480 e. The standard InChI is InChI=1S/C22H28N4O3/c1-2-26(15-21(27)28)19-12-18(13-19)24-22(29)25-20(16-8-4-3-5-9-16)14-17-10-6-7-11-23-17/h3-11,18-20H,2,12-15H2,1H3,(H,27,28)(H2,24,25,29). The van der Waals surface area contributed by atoms with Crippen molar-refractivity contribution in [2.75, 3.05) is 13.1 Å². The summed E-state index contributed by atoms with van der Waals surface area (Å²) in [5.74, 6) is -0.818. The molecule has 0 spiro atoms. The molecule has 1 aromatic heterocycles. The summed E-state index contributed by atoms with van der Waals surface area (Å²) in [4.78, 5) is 29.9. The van der Waals surface area contributed by atoms with Crippen molar-refractivity contribution >= 4 is 12.0 Å². The minimum atomic E-state index is -0.818. The third kappa shape index (κ3) is 6.02. The van der Waals surface area contributed by atoms with Crippen LogP contribution in [0, 0.1) is 0 Å². The van der Waals surface area contributed by atoms with Crippen molar-refractivity contribution in [2.45, 2.75) is 44.3 Å². The summed E-state index contributed by atoms with van der Waals surface area (Å²) in [6.45, 7) is 2.69. The van der Waals surface area contributed by atoms with Crippen LogP contribution in [-0.2, 0) is 11.2 Å². The van der Waals surface area contributed by atoms with Crippen LogP contribution in [0.1, 0.15) is 37.1 Å². The lowest BCUT2D eigenvalue weighted by Crippen LogP contribution is -2.56. The molecule has 2 amide bonds. The van der Waals surface area contributed by atoms with Gasteiger partial charge in [0.2, 0.25) is 0 Å². The van der Waals surface area contributed by atoms with Crippen LogP contribution in [0.3, 0.4) is 0 Å². The van der Waals surface area contributed by atoms with Crippen LogP contribution >= 0.6 is 0 Å². The van der Waals surface area contributed by atoms with E-state index in [4.69, 9.17) is 5.11 Å². The first-order valence-corrected chi connectivity index (χ1v) is 10.0. The summed E-state index contributed by atoms with van der Waals surface area (Å²) >= 11 is 0. The van der Waals surface area contributed by atoms with E-state index in [1.807, 2.05) is 60.4 Å². The topological polar surface area (TPSA) is 94.6 Å². The highest BCUT2D eigenvalue weighted by atomic mass is 16.4. The fourth-order valence-electron chi connectivity index (χ4n) is 3.73. The van der Waals surface area contributed by atoms with Gasteiger partial charge in [-0.05, 0) is 37.1 Å². The average Bonchev–Trinajstić information content (AvgIpc) is 2.69. The lowest BCUT2D eigenvalue weighted by atomic mass is 9.85. The van der Waals surface area contributed by atoms with Gasteiger partial charge in [0.15, 0.2) is 0 Å². The highest BCUT2D eigenvalue weighted by Gasteiger charge is 2.34. The molecule has 0 aliphatic heterocycles. The number of carbonyl (C=O) groups excluding carboxylic acids is 1. The number of rotatable bonds is 9.